The molecule has 0 aliphatic carbocycles. The standard InChI is InChI=1S/C22H21N3O3S/c26-29(27,18-9-7-16(8-10-18)21-6-3-15-28-21)25-13-11-17(12-14-25)22-23-19-4-1-2-5-20(19)24-22/h1-10,15,17H,11-14H2,(H,23,24). The minimum absolute atomic E-state index is 0.246. The summed E-state index contributed by atoms with van der Waals surface area (Å²) in [5, 5.41) is 0. The maximum absolute atomic E-state index is 13.0. The minimum Gasteiger partial charge on any atom is -0.464 e. The highest BCUT2D eigenvalue weighted by atomic mass is 32.2. The molecule has 1 N–H and O–H groups in total. The molecule has 1 aliphatic rings. The molecule has 0 atom stereocenters. The fourth-order valence-electron chi connectivity index (χ4n) is 3.92. The predicted octanol–water partition coefficient (Wildman–Crippen LogP) is 4.39. The number of benzene rings is 2. The van der Waals surface area contributed by atoms with Gasteiger partial charge in [0.1, 0.15) is 11.6 Å². The van der Waals surface area contributed by atoms with Crippen molar-refractivity contribution in [3.05, 3.63) is 72.8 Å². The summed E-state index contributed by atoms with van der Waals surface area (Å²) in [4.78, 5) is 8.38. The Morgan fingerprint density at radius 2 is 1.72 bits per heavy atom. The van der Waals surface area contributed by atoms with E-state index in [9.17, 15) is 8.42 Å². The normalized spacial score (nSPS) is 16.4. The Morgan fingerprint density at radius 1 is 0.966 bits per heavy atom. The third-order valence-electron chi connectivity index (χ3n) is 5.55. The number of nitrogens with zero attached hydrogens (tertiary/aromatic N) is 2. The van der Waals surface area contributed by atoms with Crippen LogP contribution in [0.3, 0.4) is 0 Å². The highest BCUT2D eigenvalue weighted by Gasteiger charge is 2.31. The molecule has 3 heterocycles. The van der Waals surface area contributed by atoms with Gasteiger partial charge in [0, 0.05) is 24.6 Å². The maximum atomic E-state index is 13.0. The van der Waals surface area contributed by atoms with Gasteiger partial charge in [-0.1, -0.05) is 12.1 Å². The molecule has 0 spiro atoms. The molecule has 0 radical (unpaired) electrons. The zero-order chi connectivity index (χ0) is 19.8. The topological polar surface area (TPSA) is 79.2 Å². The van der Waals surface area contributed by atoms with E-state index in [0.29, 0.717) is 18.0 Å². The van der Waals surface area contributed by atoms with E-state index in [4.69, 9.17) is 4.42 Å². The molecule has 0 amide bonds. The molecule has 29 heavy (non-hydrogen) atoms. The largest absolute Gasteiger partial charge is 0.464 e. The lowest BCUT2D eigenvalue weighted by atomic mass is 9.97. The molecule has 7 heteroatoms. The number of imidazole rings is 1. The molecule has 0 unspecified atom stereocenters. The summed E-state index contributed by atoms with van der Waals surface area (Å²) >= 11 is 0. The van der Waals surface area contributed by atoms with Crippen molar-refractivity contribution in [3.8, 4) is 11.3 Å². The first kappa shape index (κ1) is 18.1. The fourth-order valence-corrected chi connectivity index (χ4v) is 5.39. The highest BCUT2D eigenvalue weighted by Crippen LogP contribution is 2.31. The summed E-state index contributed by atoms with van der Waals surface area (Å²) in [7, 11) is -3.51. The molecular weight excluding hydrogens is 386 g/mol. The van der Waals surface area contributed by atoms with Gasteiger partial charge in [-0.2, -0.15) is 4.31 Å². The molecule has 2 aromatic carbocycles. The van der Waals surface area contributed by atoms with Crippen molar-refractivity contribution in [2.75, 3.05) is 13.1 Å². The molecule has 1 saturated heterocycles. The van der Waals surface area contributed by atoms with E-state index in [1.165, 1.54) is 0 Å². The molecule has 0 saturated carbocycles. The molecule has 148 valence electrons. The molecular formula is C22H21N3O3S. The van der Waals surface area contributed by atoms with E-state index in [1.807, 2.05) is 36.4 Å². The number of H-pyrrole nitrogens is 1. The second-order valence-electron chi connectivity index (χ2n) is 7.32. The number of hydrogen-bond donors (Lipinski definition) is 1. The van der Waals surface area contributed by atoms with Crippen molar-refractivity contribution in [2.24, 2.45) is 0 Å². The van der Waals surface area contributed by atoms with E-state index in [1.54, 1.807) is 34.8 Å². The second-order valence-corrected chi connectivity index (χ2v) is 9.26. The van der Waals surface area contributed by atoms with Gasteiger partial charge in [-0.15, -0.1) is 0 Å². The Kier molecular flexibility index (Phi) is 4.49. The van der Waals surface area contributed by atoms with E-state index in [0.717, 1.165) is 41.0 Å². The molecule has 1 fully saturated rings. The van der Waals surface area contributed by atoms with Crippen LogP contribution in [0.5, 0.6) is 0 Å². The van der Waals surface area contributed by atoms with E-state index in [-0.39, 0.29) is 5.92 Å². The quantitative estimate of drug-likeness (QED) is 0.544. The van der Waals surface area contributed by atoms with Crippen LogP contribution in [0.2, 0.25) is 0 Å². The second kappa shape index (κ2) is 7.17. The molecule has 5 rings (SSSR count). The first-order valence-corrected chi connectivity index (χ1v) is 11.1. The van der Waals surface area contributed by atoms with Gasteiger partial charge in [0.25, 0.3) is 0 Å². The number of furan rings is 1. The average molecular weight is 407 g/mol. The van der Waals surface area contributed by atoms with Crippen molar-refractivity contribution in [3.63, 3.8) is 0 Å². The van der Waals surface area contributed by atoms with Crippen LogP contribution in [-0.2, 0) is 10.0 Å². The van der Waals surface area contributed by atoms with Crippen molar-refractivity contribution in [1.82, 2.24) is 14.3 Å². The van der Waals surface area contributed by atoms with Gasteiger partial charge in [-0.25, -0.2) is 13.4 Å². The first-order chi connectivity index (χ1) is 14.1. The molecule has 6 nitrogen and oxygen atoms in total. The number of piperidine rings is 1. The van der Waals surface area contributed by atoms with Crippen molar-refractivity contribution < 1.29 is 12.8 Å². The minimum atomic E-state index is -3.51. The Bertz CT molecular complexity index is 1190. The number of aromatic amines is 1. The summed E-state index contributed by atoms with van der Waals surface area (Å²) in [5.41, 5.74) is 2.83. The number of para-hydroxylation sites is 2. The lowest BCUT2D eigenvalue weighted by molar-refractivity contribution is 0.314. The monoisotopic (exact) mass is 407 g/mol. The molecule has 0 bridgehead atoms. The zero-order valence-electron chi connectivity index (χ0n) is 15.8. The number of hydrogen-bond acceptors (Lipinski definition) is 4. The van der Waals surface area contributed by atoms with Crippen molar-refractivity contribution >= 4 is 21.1 Å². The Labute approximate surface area is 169 Å². The summed E-state index contributed by atoms with van der Waals surface area (Å²) in [6.45, 7) is 0.980. The number of aromatic nitrogens is 2. The average Bonchev–Trinajstić information content (AvgIpc) is 3.44. The van der Waals surface area contributed by atoms with Gasteiger partial charge in [-0.3, -0.25) is 0 Å². The van der Waals surface area contributed by atoms with E-state index >= 15 is 0 Å². The summed E-state index contributed by atoms with van der Waals surface area (Å²) in [6, 6.07) is 18.5. The van der Waals surface area contributed by atoms with E-state index in [2.05, 4.69) is 9.97 Å². The van der Waals surface area contributed by atoms with Crippen LogP contribution in [0.15, 0.2) is 76.2 Å². The third kappa shape index (κ3) is 3.36. The molecule has 2 aromatic heterocycles. The van der Waals surface area contributed by atoms with Crippen LogP contribution in [0, 0.1) is 0 Å². The van der Waals surface area contributed by atoms with Crippen LogP contribution in [0.4, 0.5) is 0 Å². The number of fused-ring (bicyclic) bond motifs is 1. The van der Waals surface area contributed by atoms with Gasteiger partial charge in [0.2, 0.25) is 10.0 Å². The maximum Gasteiger partial charge on any atom is 0.243 e. The van der Waals surface area contributed by atoms with E-state index < -0.39 is 10.0 Å². The Morgan fingerprint density at radius 3 is 2.41 bits per heavy atom. The van der Waals surface area contributed by atoms with Gasteiger partial charge in [0.15, 0.2) is 0 Å². The van der Waals surface area contributed by atoms with Gasteiger partial charge >= 0.3 is 0 Å². The number of nitrogens with one attached hydrogen (secondary N) is 1. The summed E-state index contributed by atoms with van der Waals surface area (Å²) in [6.07, 6.45) is 3.11. The lowest BCUT2D eigenvalue weighted by Crippen LogP contribution is -2.38. The summed E-state index contributed by atoms with van der Waals surface area (Å²) in [5.74, 6) is 1.92. The summed E-state index contributed by atoms with van der Waals surface area (Å²) < 4.78 is 33.0. The lowest BCUT2D eigenvalue weighted by Gasteiger charge is -2.30. The smallest absolute Gasteiger partial charge is 0.243 e. The van der Waals surface area contributed by atoms with Crippen LogP contribution in [0.1, 0.15) is 24.6 Å². The SMILES string of the molecule is O=S(=O)(c1ccc(-c2ccco2)cc1)N1CCC(c2nc3ccccc3[nH]2)CC1. The van der Waals surface area contributed by atoms with Gasteiger partial charge in [0.05, 0.1) is 22.2 Å². The Hall–Kier alpha value is -2.90. The number of rotatable bonds is 4. The van der Waals surface area contributed by atoms with Crippen LogP contribution < -0.4 is 0 Å². The van der Waals surface area contributed by atoms with Crippen LogP contribution in [0.25, 0.3) is 22.4 Å². The number of sulfonamides is 1. The first-order valence-electron chi connectivity index (χ1n) is 9.70. The molecule has 4 aromatic rings. The van der Waals surface area contributed by atoms with Crippen LogP contribution in [-0.4, -0.2) is 35.8 Å². The highest BCUT2D eigenvalue weighted by molar-refractivity contribution is 7.89. The zero-order valence-corrected chi connectivity index (χ0v) is 16.6. The molecule has 1 aliphatic heterocycles. The fraction of sp³-hybridized carbons (Fsp3) is 0.227. The predicted molar refractivity (Wildman–Crippen MR) is 111 cm³/mol. The van der Waals surface area contributed by atoms with Crippen molar-refractivity contribution in [2.45, 2.75) is 23.7 Å². The van der Waals surface area contributed by atoms with Crippen LogP contribution >= 0.6 is 0 Å². The Balaban J connectivity index is 1.30. The van der Waals surface area contributed by atoms with Gasteiger partial charge in [-0.05, 0) is 61.4 Å². The van der Waals surface area contributed by atoms with Crippen molar-refractivity contribution in [1.29, 1.82) is 0 Å². The third-order valence-corrected chi connectivity index (χ3v) is 7.46. The van der Waals surface area contributed by atoms with Gasteiger partial charge < -0.3 is 9.40 Å².